The Morgan fingerprint density at radius 1 is 1.13 bits per heavy atom. The molecule has 0 aromatic heterocycles. The van der Waals surface area contributed by atoms with Gasteiger partial charge < -0.3 is 4.74 Å². The zero-order valence-electron chi connectivity index (χ0n) is 11.6. The van der Waals surface area contributed by atoms with Crippen LogP contribution in [-0.4, -0.2) is 21.5 Å². The van der Waals surface area contributed by atoms with Gasteiger partial charge in [-0.25, -0.2) is 22.0 Å². The summed E-state index contributed by atoms with van der Waals surface area (Å²) in [5, 5.41) is 0. The van der Waals surface area contributed by atoms with E-state index in [0.717, 1.165) is 13.2 Å². The van der Waals surface area contributed by atoms with Gasteiger partial charge in [0.05, 0.1) is 23.3 Å². The van der Waals surface area contributed by atoms with E-state index in [1.807, 2.05) is 0 Å². The minimum absolute atomic E-state index is 0.0342. The first-order chi connectivity index (χ1) is 10.7. The number of rotatable bonds is 4. The minimum Gasteiger partial charge on any atom is -0.465 e. The number of esters is 1. The summed E-state index contributed by atoms with van der Waals surface area (Å²) in [6, 6.07) is 6.39. The highest BCUT2D eigenvalue weighted by atomic mass is 79.9. The molecule has 0 radical (unpaired) electrons. The average Bonchev–Trinajstić information content (AvgIpc) is 2.50. The molecular formula is C14H10BrF2NO4S. The summed E-state index contributed by atoms with van der Waals surface area (Å²) in [6.45, 7) is 0. The van der Waals surface area contributed by atoms with Gasteiger partial charge in [-0.2, -0.15) is 0 Å². The number of hydrogen-bond acceptors (Lipinski definition) is 4. The van der Waals surface area contributed by atoms with Gasteiger partial charge in [-0.3, -0.25) is 4.72 Å². The number of sulfonamides is 1. The van der Waals surface area contributed by atoms with Gasteiger partial charge in [0, 0.05) is 4.47 Å². The fourth-order valence-corrected chi connectivity index (χ4v) is 3.18. The van der Waals surface area contributed by atoms with Crippen LogP contribution in [0.4, 0.5) is 14.5 Å². The molecule has 0 heterocycles. The molecule has 2 aromatic rings. The lowest BCUT2D eigenvalue weighted by molar-refractivity contribution is 0.0602. The summed E-state index contributed by atoms with van der Waals surface area (Å²) in [7, 11) is -3.06. The van der Waals surface area contributed by atoms with Crippen molar-refractivity contribution >= 4 is 37.6 Å². The van der Waals surface area contributed by atoms with Crippen LogP contribution in [0.15, 0.2) is 45.8 Å². The molecule has 0 fully saturated rings. The van der Waals surface area contributed by atoms with Crippen molar-refractivity contribution in [1.29, 1.82) is 0 Å². The second-order valence-corrected chi connectivity index (χ2v) is 6.96. The molecule has 0 atom stereocenters. The maximum atomic E-state index is 13.2. The Bertz CT molecular complexity index is 871. The topological polar surface area (TPSA) is 72.5 Å². The number of nitrogens with one attached hydrogen (secondary N) is 1. The number of ether oxygens (including phenoxy) is 1. The predicted octanol–water partition coefficient (Wildman–Crippen LogP) is 3.31. The SMILES string of the molecule is COC(=O)c1cc(Br)ccc1NS(=O)(=O)c1ccc(F)c(F)c1. The van der Waals surface area contributed by atoms with Crippen molar-refractivity contribution in [2.45, 2.75) is 4.90 Å². The van der Waals surface area contributed by atoms with Gasteiger partial charge in [-0.05, 0) is 36.4 Å². The lowest BCUT2D eigenvalue weighted by Gasteiger charge is -2.12. The number of carbonyl (C=O) groups excluding carboxylic acids is 1. The van der Waals surface area contributed by atoms with Gasteiger partial charge in [-0.1, -0.05) is 15.9 Å². The van der Waals surface area contributed by atoms with Gasteiger partial charge in [0.2, 0.25) is 0 Å². The monoisotopic (exact) mass is 405 g/mol. The normalized spacial score (nSPS) is 11.1. The number of methoxy groups -OCH3 is 1. The van der Waals surface area contributed by atoms with E-state index in [0.29, 0.717) is 16.6 Å². The van der Waals surface area contributed by atoms with E-state index in [9.17, 15) is 22.0 Å². The Hall–Kier alpha value is -2.00. The molecule has 0 amide bonds. The molecule has 23 heavy (non-hydrogen) atoms. The highest BCUT2D eigenvalue weighted by Crippen LogP contribution is 2.25. The molecule has 0 saturated carbocycles. The summed E-state index contributed by atoms with van der Waals surface area (Å²) < 4.78 is 57.9. The van der Waals surface area contributed by atoms with Crippen LogP contribution < -0.4 is 4.72 Å². The van der Waals surface area contributed by atoms with Crippen LogP contribution >= 0.6 is 15.9 Å². The molecule has 0 bridgehead atoms. The van der Waals surface area contributed by atoms with Crippen molar-refractivity contribution in [2.75, 3.05) is 11.8 Å². The Balaban J connectivity index is 2.45. The van der Waals surface area contributed by atoms with Crippen LogP contribution in [0.5, 0.6) is 0 Å². The van der Waals surface area contributed by atoms with Gasteiger partial charge in [0.1, 0.15) is 0 Å². The maximum absolute atomic E-state index is 13.2. The van der Waals surface area contributed by atoms with Crippen molar-refractivity contribution in [3.8, 4) is 0 Å². The molecule has 2 aromatic carbocycles. The van der Waals surface area contributed by atoms with E-state index in [4.69, 9.17) is 0 Å². The first-order valence-corrected chi connectivity index (χ1v) is 8.38. The first-order valence-electron chi connectivity index (χ1n) is 6.10. The van der Waals surface area contributed by atoms with Crippen LogP contribution in [0.2, 0.25) is 0 Å². The van der Waals surface area contributed by atoms with E-state index >= 15 is 0 Å². The Kier molecular flexibility index (Phi) is 5.00. The lowest BCUT2D eigenvalue weighted by atomic mass is 10.2. The second-order valence-electron chi connectivity index (χ2n) is 4.36. The first kappa shape index (κ1) is 17.4. The van der Waals surface area contributed by atoms with Gasteiger partial charge in [-0.15, -0.1) is 0 Å². The van der Waals surface area contributed by atoms with E-state index < -0.39 is 32.5 Å². The fraction of sp³-hybridized carbons (Fsp3) is 0.0714. The average molecular weight is 406 g/mol. The molecular weight excluding hydrogens is 396 g/mol. The standard InChI is InChI=1S/C14H10BrF2NO4S/c1-22-14(19)10-6-8(15)2-5-13(10)18-23(20,21)9-3-4-11(16)12(17)7-9/h2-7,18H,1H3. The predicted molar refractivity (Wildman–Crippen MR) is 82.6 cm³/mol. The molecule has 0 aliphatic carbocycles. The third-order valence-electron chi connectivity index (χ3n) is 2.83. The Labute approximate surface area is 139 Å². The second kappa shape index (κ2) is 6.63. The summed E-state index contributed by atoms with van der Waals surface area (Å²) in [5.41, 5.74) is -0.0854. The van der Waals surface area contributed by atoms with Crippen molar-refractivity contribution < 1.29 is 26.7 Å². The van der Waals surface area contributed by atoms with Crippen molar-refractivity contribution in [3.05, 3.63) is 58.1 Å². The molecule has 0 unspecified atom stereocenters. The number of hydrogen-bond donors (Lipinski definition) is 1. The van der Waals surface area contributed by atoms with E-state index in [1.165, 1.54) is 18.2 Å². The smallest absolute Gasteiger partial charge is 0.340 e. The molecule has 0 aliphatic rings. The zero-order valence-corrected chi connectivity index (χ0v) is 14.0. The highest BCUT2D eigenvalue weighted by Gasteiger charge is 2.20. The van der Waals surface area contributed by atoms with Gasteiger partial charge >= 0.3 is 5.97 Å². The summed E-state index contributed by atoms with van der Waals surface area (Å²) in [4.78, 5) is 11.2. The van der Waals surface area contributed by atoms with Crippen LogP contribution in [0.3, 0.4) is 0 Å². The number of anilines is 1. The summed E-state index contributed by atoms with van der Waals surface area (Å²) in [6.07, 6.45) is 0. The van der Waals surface area contributed by atoms with Crippen LogP contribution in [0.1, 0.15) is 10.4 Å². The van der Waals surface area contributed by atoms with Crippen molar-refractivity contribution in [2.24, 2.45) is 0 Å². The van der Waals surface area contributed by atoms with Crippen LogP contribution in [0, 0.1) is 11.6 Å². The molecule has 0 spiro atoms. The van der Waals surface area contributed by atoms with E-state index in [-0.39, 0.29) is 11.3 Å². The largest absolute Gasteiger partial charge is 0.465 e. The molecule has 122 valence electrons. The minimum atomic E-state index is -4.21. The Morgan fingerprint density at radius 2 is 1.83 bits per heavy atom. The highest BCUT2D eigenvalue weighted by molar-refractivity contribution is 9.10. The van der Waals surface area contributed by atoms with E-state index in [1.54, 1.807) is 0 Å². The Morgan fingerprint density at radius 3 is 2.43 bits per heavy atom. The number of carbonyl (C=O) groups is 1. The molecule has 0 aliphatic heterocycles. The number of halogens is 3. The fourth-order valence-electron chi connectivity index (χ4n) is 1.73. The van der Waals surface area contributed by atoms with E-state index in [2.05, 4.69) is 25.4 Å². The molecule has 5 nitrogen and oxygen atoms in total. The molecule has 0 saturated heterocycles. The zero-order chi connectivity index (χ0) is 17.2. The van der Waals surface area contributed by atoms with Crippen LogP contribution in [-0.2, 0) is 14.8 Å². The summed E-state index contributed by atoms with van der Waals surface area (Å²) >= 11 is 3.16. The summed E-state index contributed by atoms with van der Waals surface area (Å²) in [5.74, 6) is -3.21. The van der Waals surface area contributed by atoms with Crippen molar-refractivity contribution in [3.63, 3.8) is 0 Å². The third kappa shape index (κ3) is 3.85. The van der Waals surface area contributed by atoms with Crippen LogP contribution in [0.25, 0.3) is 0 Å². The van der Waals surface area contributed by atoms with Gasteiger partial charge in [0.25, 0.3) is 10.0 Å². The molecule has 1 N–H and O–H groups in total. The molecule has 9 heteroatoms. The maximum Gasteiger partial charge on any atom is 0.340 e. The third-order valence-corrected chi connectivity index (χ3v) is 4.69. The quantitative estimate of drug-likeness (QED) is 0.791. The van der Waals surface area contributed by atoms with Crippen molar-refractivity contribution in [1.82, 2.24) is 0 Å². The number of benzene rings is 2. The lowest BCUT2D eigenvalue weighted by Crippen LogP contribution is -2.16. The molecule has 2 rings (SSSR count). The van der Waals surface area contributed by atoms with Gasteiger partial charge in [0.15, 0.2) is 11.6 Å².